The Balaban J connectivity index is 2.14. The molecule has 1 aromatic rings. The average molecular weight is 287 g/mol. The molecule has 1 aliphatic heterocycles. The summed E-state index contributed by atoms with van der Waals surface area (Å²) in [6.07, 6.45) is -3.65. The summed E-state index contributed by atoms with van der Waals surface area (Å²) >= 11 is 0. The van der Waals surface area contributed by atoms with Crippen LogP contribution in [-0.4, -0.2) is 40.3 Å². The first-order valence-corrected chi connectivity index (χ1v) is 5.86. The number of rotatable bonds is 1. The number of halogens is 3. The third-order valence-corrected chi connectivity index (χ3v) is 3.01. The Labute approximate surface area is 112 Å². The Hall–Kier alpha value is -2.18. The van der Waals surface area contributed by atoms with E-state index in [1.54, 1.807) is 0 Å². The first-order chi connectivity index (χ1) is 9.27. The van der Waals surface area contributed by atoms with E-state index in [1.807, 2.05) is 0 Å². The highest BCUT2D eigenvalue weighted by molar-refractivity contribution is 5.95. The maximum Gasteiger partial charge on any atom is 0.412 e. The first kappa shape index (κ1) is 14.2. The summed E-state index contributed by atoms with van der Waals surface area (Å²) in [5, 5.41) is 18.6. The molecule has 1 amide bonds. The number of hydrogen-bond donors (Lipinski definition) is 2. The van der Waals surface area contributed by atoms with E-state index in [0.717, 1.165) is 24.3 Å². The van der Waals surface area contributed by atoms with Crippen LogP contribution in [-0.2, 0) is 0 Å². The normalized spacial score (nSPS) is 15.9. The molecule has 1 heterocycles. The van der Waals surface area contributed by atoms with Gasteiger partial charge in [0.1, 0.15) is 11.5 Å². The van der Waals surface area contributed by atoms with E-state index in [1.165, 1.54) is 4.90 Å². The molecular formula is C13H12F3NO3. The Morgan fingerprint density at radius 3 is 2.20 bits per heavy atom. The van der Waals surface area contributed by atoms with Crippen LogP contribution in [0.1, 0.15) is 16.8 Å². The van der Waals surface area contributed by atoms with Crippen molar-refractivity contribution in [3.63, 3.8) is 0 Å². The molecule has 0 spiro atoms. The van der Waals surface area contributed by atoms with Crippen LogP contribution in [0.2, 0.25) is 0 Å². The van der Waals surface area contributed by atoms with Crippen LogP contribution in [0.25, 0.3) is 0 Å². The third-order valence-electron chi connectivity index (χ3n) is 3.01. The van der Waals surface area contributed by atoms with Gasteiger partial charge in [-0.15, -0.1) is 0 Å². The van der Waals surface area contributed by atoms with E-state index in [9.17, 15) is 28.2 Å². The largest absolute Gasteiger partial charge is 0.508 e. The fourth-order valence-electron chi connectivity index (χ4n) is 2.01. The van der Waals surface area contributed by atoms with Crippen molar-refractivity contribution < 1.29 is 28.2 Å². The van der Waals surface area contributed by atoms with Crippen molar-refractivity contribution >= 4 is 5.91 Å². The lowest BCUT2D eigenvalue weighted by Gasteiger charge is -2.27. The standard InChI is InChI=1S/C13H12F3NO3/c14-13(15,16)9-1-3-17(4-2-9)12(20)8-5-10(18)7-11(19)6-8/h1,5-7,18-19H,2-4H2. The lowest BCUT2D eigenvalue weighted by atomic mass is 10.1. The molecule has 0 fully saturated rings. The van der Waals surface area contributed by atoms with Gasteiger partial charge in [-0.3, -0.25) is 4.79 Å². The van der Waals surface area contributed by atoms with Gasteiger partial charge in [-0.1, -0.05) is 6.08 Å². The zero-order chi connectivity index (χ0) is 14.9. The smallest absolute Gasteiger partial charge is 0.412 e. The van der Waals surface area contributed by atoms with Gasteiger partial charge in [-0.25, -0.2) is 0 Å². The highest BCUT2D eigenvalue weighted by atomic mass is 19.4. The van der Waals surface area contributed by atoms with Crippen LogP contribution in [0.4, 0.5) is 13.2 Å². The Kier molecular flexibility index (Phi) is 3.61. The van der Waals surface area contributed by atoms with Gasteiger partial charge >= 0.3 is 6.18 Å². The van der Waals surface area contributed by atoms with Crippen LogP contribution in [0, 0.1) is 0 Å². The summed E-state index contributed by atoms with van der Waals surface area (Å²) in [7, 11) is 0. The summed E-state index contributed by atoms with van der Waals surface area (Å²) in [5.41, 5.74) is -0.605. The zero-order valence-electron chi connectivity index (χ0n) is 10.3. The summed E-state index contributed by atoms with van der Waals surface area (Å²) in [6, 6.07) is 3.38. The fraction of sp³-hybridized carbons (Fsp3) is 0.308. The van der Waals surface area contributed by atoms with Crippen molar-refractivity contribution in [1.82, 2.24) is 4.90 Å². The molecule has 4 nitrogen and oxygen atoms in total. The van der Waals surface area contributed by atoms with E-state index >= 15 is 0 Å². The lowest BCUT2D eigenvalue weighted by Crippen LogP contribution is -2.36. The minimum atomic E-state index is -4.36. The molecule has 0 aromatic heterocycles. The molecule has 0 atom stereocenters. The second kappa shape index (κ2) is 5.07. The number of benzene rings is 1. The number of carbonyl (C=O) groups excluding carboxylic acids is 1. The highest BCUT2D eigenvalue weighted by Gasteiger charge is 2.35. The quantitative estimate of drug-likeness (QED) is 0.780. The Bertz CT molecular complexity index is 546. The fourth-order valence-corrected chi connectivity index (χ4v) is 2.01. The minimum Gasteiger partial charge on any atom is -0.508 e. The molecule has 0 unspecified atom stereocenters. The molecule has 0 radical (unpaired) electrons. The van der Waals surface area contributed by atoms with Gasteiger partial charge in [-0.05, 0) is 18.6 Å². The maximum absolute atomic E-state index is 12.5. The van der Waals surface area contributed by atoms with Gasteiger partial charge < -0.3 is 15.1 Å². The number of phenols is 2. The third kappa shape index (κ3) is 3.04. The molecule has 1 aliphatic rings. The molecule has 2 N–H and O–H groups in total. The number of carbonyl (C=O) groups is 1. The maximum atomic E-state index is 12.5. The zero-order valence-corrected chi connectivity index (χ0v) is 10.3. The van der Waals surface area contributed by atoms with Gasteiger partial charge in [0.25, 0.3) is 5.91 Å². The molecule has 0 saturated carbocycles. The van der Waals surface area contributed by atoms with Crippen LogP contribution in [0.5, 0.6) is 11.5 Å². The van der Waals surface area contributed by atoms with Crippen molar-refractivity contribution in [1.29, 1.82) is 0 Å². The molecule has 0 bridgehead atoms. The summed E-state index contributed by atoms with van der Waals surface area (Å²) in [5.74, 6) is -1.09. The molecule has 20 heavy (non-hydrogen) atoms. The Morgan fingerprint density at radius 2 is 1.75 bits per heavy atom. The van der Waals surface area contributed by atoms with Gasteiger partial charge in [0, 0.05) is 30.3 Å². The number of phenolic OH excluding ortho intramolecular Hbond substituents is 2. The predicted molar refractivity (Wildman–Crippen MR) is 64.4 cm³/mol. The number of amides is 1. The van der Waals surface area contributed by atoms with Gasteiger partial charge in [0.05, 0.1) is 0 Å². The summed E-state index contributed by atoms with van der Waals surface area (Å²) < 4.78 is 37.4. The molecule has 108 valence electrons. The van der Waals surface area contributed by atoms with Crippen LogP contribution in [0.3, 0.4) is 0 Å². The number of nitrogens with zero attached hydrogens (tertiary/aromatic N) is 1. The van der Waals surface area contributed by atoms with Gasteiger partial charge in [0.2, 0.25) is 0 Å². The van der Waals surface area contributed by atoms with E-state index in [2.05, 4.69) is 0 Å². The molecule has 0 aliphatic carbocycles. The molecular weight excluding hydrogens is 275 g/mol. The van der Waals surface area contributed by atoms with E-state index < -0.39 is 17.7 Å². The minimum absolute atomic E-state index is 0.0337. The average Bonchev–Trinajstić information content (AvgIpc) is 2.36. The molecule has 2 rings (SSSR count). The van der Waals surface area contributed by atoms with Crippen LogP contribution >= 0.6 is 0 Å². The van der Waals surface area contributed by atoms with Crippen molar-refractivity contribution in [2.45, 2.75) is 12.6 Å². The first-order valence-electron chi connectivity index (χ1n) is 5.86. The van der Waals surface area contributed by atoms with E-state index in [-0.39, 0.29) is 36.6 Å². The molecule has 0 saturated heterocycles. The lowest BCUT2D eigenvalue weighted by molar-refractivity contribution is -0.0957. The van der Waals surface area contributed by atoms with Gasteiger partial charge in [0.15, 0.2) is 0 Å². The Morgan fingerprint density at radius 1 is 1.15 bits per heavy atom. The van der Waals surface area contributed by atoms with Crippen molar-refractivity contribution in [2.24, 2.45) is 0 Å². The summed E-state index contributed by atoms with van der Waals surface area (Å²) in [4.78, 5) is 13.3. The second-order valence-electron chi connectivity index (χ2n) is 4.47. The van der Waals surface area contributed by atoms with Crippen LogP contribution < -0.4 is 0 Å². The predicted octanol–water partition coefficient (Wildman–Crippen LogP) is 2.43. The van der Waals surface area contributed by atoms with Gasteiger partial charge in [-0.2, -0.15) is 13.2 Å². The second-order valence-corrected chi connectivity index (χ2v) is 4.47. The van der Waals surface area contributed by atoms with E-state index in [0.29, 0.717) is 0 Å². The van der Waals surface area contributed by atoms with E-state index in [4.69, 9.17) is 0 Å². The van der Waals surface area contributed by atoms with Crippen molar-refractivity contribution in [3.8, 4) is 11.5 Å². The number of hydrogen-bond acceptors (Lipinski definition) is 3. The summed E-state index contributed by atoms with van der Waals surface area (Å²) in [6.45, 7) is -0.204. The van der Waals surface area contributed by atoms with Crippen LogP contribution in [0.15, 0.2) is 29.8 Å². The molecule has 7 heteroatoms. The van der Waals surface area contributed by atoms with Crippen molar-refractivity contribution in [2.75, 3.05) is 13.1 Å². The monoisotopic (exact) mass is 287 g/mol. The molecule has 1 aromatic carbocycles. The highest BCUT2D eigenvalue weighted by Crippen LogP contribution is 2.30. The SMILES string of the molecule is O=C(c1cc(O)cc(O)c1)N1CC=C(C(F)(F)F)CC1. The number of aromatic hydroxyl groups is 2. The number of alkyl halides is 3. The topological polar surface area (TPSA) is 60.8 Å². The van der Waals surface area contributed by atoms with Crippen molar-refractivity contribution in [3.05, 3.63) is 35.4 Å².